The molecule has 0 saturated heterocycles. The molecular weight excluding hydrogens is 354 g/mol. The lowest BCUT2D eigenvalue weighted by Gasteiger charge is -2.06. The summed E-state index contributed by atoms with van der Waals surface area (Å²) in [5.74, 6) is 0.0296. The highest BCUT2D eigenvalue weighted by atomic mass is 32.1. The Labute approximate surface area is 162 Å². The molecule has 4 aromatic rings. The largest absolute Gasteiger partial charge is 0.326 e. The van der Waals surface area contributed by atoms with E-state index in [1.165, 1.54) is 5.56 Å². The Bertz CT molecular complexity index is 1050. The number of amides is 1. The van der Waals surface area contributed by atoms with Gasteiger partial charge >= 0.3 is 0 Å². The molecule has 0 fully saturated rings. The lowest BCUT2D eigenvalue weighted by Crippen LogP contribution is -2.12. The third-order valence-corrected chi connectivity index (χ3v) is 5.50. The summed E-state index contributed by atoms with van der Waals surface area (Å²) in [6.07, 6.45) is 4.18. The van der Waals surface area contributed by atoms with Crippen LogP contribution in [-0.2, 0) is 17.6 Å². The summed E-state index contributed by atoms with van der Waals surface area (Å²) in [4.78, 5) is 17.9. The second kappa shape index (κ2) is 7.76. The number of fused-ring (bicyclic) bond motifs is 1. The van der Waals surface area contributed by atoms with Gasteiger partial charge in [0.2, 0.25) is 5.91 Å². The van der Waals surface area contributed by atoms with Crippen molar-refractivity contribution in [1.29, 1.82) is 0 Å². The number of anilines is 1. The number of carbonyl (C=O) groups is 1. The number of rotatable bonds is 6. The first-order chi connectivity index (χ1) is 13.2. The molecule has 0 aliphatic rings. The second-order valence-electron chi connectivity index (χ2n) is 6.47. The molecule has 0 atom stereocenters. The number of aryl methyl sites for hydroxylation is 2. The smallest absolute Gasteiger partial charge is 0.224 e. The summed E-state index contributed by atoms with van der Waals surface area (Å²) in [6, 6.07) is 18.2. The number of nitrogens with zero attached hydrogens (tertiary/aromatic N) is 2. The zero-order chi connectivity index (χ0) is 18.6. The van der Waals surface area contributed by atoms with Gasteiger partial charge < -0.3 is 5.32 Å². The third kappa shape index (κ3) is 3.93. The van der Waals surface area contributed by atoms with Gasteiger partial charge in [0.1, 0.15) is 0 Å². The van der Waals surface area contributed by atoms with Gasteiger partial charge in [-0.3, -0.25) is 9.20 Å². The first-order valence-corrected chi connectivity index (χ1v) is 10.0. The number of nitrogens with one attached hydrogen (secondary N) is 1. The van der Waals surface area contributed by atoms with E-state index < -0.39 is 0 Å². The van der Waals surface area contributed by atoms with E-state index in [1.807, 2.05) is 30.3 Å². The molecule has 1 N–H and O–H groups in total. The van der Waals surface area contributed by atoms with E-state index in [0.29, 0.717) is 12.8 Å². The van der Waals surface area contributed by atoms with E-state index in [2.05, 4.69) is 52.5 Å². The van der Waals surface area contributed by atoms with Crippen LogP contribution in [0.15, 0.2) is 66.2 Å². The third-order valence-electron chi connectivity index (χ3n) is 4.61. The highest BCUT2D eigenvalue weighted by molar-refractivity contribution is 7.15. The molecule has 0 radical (unpaired) electrons. The molecule has 0 bridgehead atoms. The standard InChI is InChI=1S/C22H21N3OS/c1-2-16-8-10-18(11-9-16)23-21(26)13-12-19-15-27-22-24-20(14-25(19)22)17-6-4-3-5-7-17/h3-11,14-15H,2,12-13H2,1H3,(H,23,26). The number of imidazole rings is 1. The number of aromatic nitrogens is 2. The second-order valence-corrected chi connectivity index (χ2v) is 7.31. The van der Waals surface area contributed by atoms with E-state index in [-0.39, 0.29) is 5.91 Å². The molecule has 4 nitrogen and oxygen atoms in total. The minimum absolute atomic E-state index is 0.0296. The van der Waals surface area contributed by atoms with Gasteiger partial charge in [0, 0.05) is 34.9 Å². The van der Waals surface area contributed by atoms with Crippen LogP contribution in [0.3, 0.4) is 0 Å². The van der Waals surface area contributed by atoms with Gasteiger partial charge in [-0.15, -0.1) is 11.3 Å². The van der Waals surface area contributed by atoms with Gasteiger partial charge in [-0.05, 0) is 30.5 Å². The molecule has 0 aliphatic heterocycles. The fourth-order valence-corrected chi connectivity index (χ4v) is 3.95. The summed E-state index contributed by atoms with van der Waals surface area (Å²) in [6.45, 7) is 2.12. The number of benzene rings is 2. The lowest BCUT2D eigenvalue weighted by molar-refractivity contribution is -0.116. The Morgan fingerprint density at radius 2 is 1.89 bits per heavy atom. The fraction of sp³-hybridized carbons (Fsp3) is 0.182. The Morgan fingerprint density at radius 3 is 2.63 bits per heavy atom. The maximum Gasteiger partial charge on any atom is 0.224 e. The SMILES string of the molecule is CCc1ccc(NC(=O)CCc2csc3nc(-c4ccccc4)cn23)cc1. The molecule has 4 rings (SSSR count). The lowest BCUT2D eigenvalue weighted by atomic mass is 10.1. The van der Waals surface area contributed by atoms with Crippen LogP contribution in [0.25, 0.3) is 16.2 Å². The molecule has 0 saturated carbocycles. The van der Waals surface area contributed by atoms with E-state index in [0.717, 1.165) is 34.0 Å². The zero-order valence-corrected chi connectivity index (χ0v) is 16.0. The van der Waals surface area contributed by atoms with E-state index >= 15 is 0 Å². The van der Waals surface area contributed by atoms with Crippen LogP contribution in [0.1, 0.15) is 24.6 Å². The predicted molar refractivity (Wildman–Crippen MR) is 111 cm³/mol. The first-order valence-electron chi connectivity index (χ1n) is 9.12. The van der Waals surface area contributed by atoms with Crippen molar-refractivity contribution in [2.45, 2.75) is 26.2 Å². The Morgan fingerprint density at radius 1 is 1.11 bits per heavy atom. The highest BCUT2D eigenvalue weighted by Crippen LogP contribution is 2.24. The number of carbonyl (C=O) groups excluding carboxylic acids is 1. The Balaban J connectivity index is 1.42. The minimum Gasteiger partial charge on any atom is -0.326 e. The molecule has 136 valence electrons. The zero-order valence-electron chi connectivity index (χ0n) is 15.2. The van der Waals surface area contributed by atoms with Gasteiger partial charge in [-0.1, -0.05) is 49.4 Å². The maximum absolute atomic E-state index is 12.3. The van der Waals surface area contributed by atoms with Crippen LogP contribution in [0.5, 0.6) is 0 Å². The van der Waals surface area contributed by atoms with Gasteiger partial charge in [0.05, 0.1) is 5.69 Å². The van der Waals surface area contributed by atoms with Crippen LogP contribution in [-0.4, -0.2) is 15.3 Å². The number of hydrogen-bond acceptors (Lipinski definition) is 3. The van der Waals surface area contributed by atoms with Crippen LogP contribution in [0, 0.1) is 0 Å². The van der Waals surface area contributed by atoms with Crippen molar-refractivity contribution < 1.29 is 4.79 Å². The van der Waals surface area contributed by atoms with Crippen LogP contribution < -0.4 is 5.32 Å². The van der Waals surface area contributed by atoms with Crippen molar-refractivity contribution in [2.24, 2.45) is 0 Å². The van der Waals surface area contributed by atoms with Gasteiger partial charge in [0.25, 0.3) is 0 Å². The molecule has 0 unspecified atom stereocenters. The summed E-state index contributed by atoms with van der Waals surface area (Å²) >= 11 is 1.61. The van der Waals surface area contributed by atoms with Crippen molar-refractivity contribution in [3.63, 3.8) is 0 Å². The summed E-state index contributed by atoms with van der Waals surface area (Å²) in [5.41, 5.74) is 5.29. The highest BCUT2D eigenvalue weighted by Gasteiger charge is 2.11. The van der Waals surface area contributed by atoms with Crippen LogP contribution in [0.2, 0.25) is 0 Å². The van der Waals surface area contributed by atoms with Crippen molar-refractivity contribution in [2.75, 3.05) is 5.32 Å². The van der Waals surface area contributed by atoms with Gasteiger partial charge in [-0.25, -0.2) is 4.98 Å². The van der Waals surface area contributed by atoms with Crippen molar-refractivity contribution in [3.05, 3.63) is 77.4 Å². The molecule has 1 amide bonds. The monoisotopic (exact) mass is 375 g/mol. The number of hydrogen-bond donors (Lipinski definition) is 1. The van der Waals surface area contributed by atoms with E-state index in [9.17, 15) is 4.79 Å². The van der Waals surface area contributed by atoms with Crippen molar-refractivity contribution in [3.8, 4) is 11.3 Å². The average molecular weight is 375 g/mol. The van der Waals surface area contributed by atoms with Crippen molar-refractivity contribution >= 4 is 27.9 Å². The summed E-state index contributed by atoms with van der Waals surface area (Å²) < 4.78 is 2.09. The maximum atomic E-state index is 12.3. The summed E-state index contributed by atoms with van der Waals surface area (Å²) in [7, 11) is 0. The van der Waals surface area contributed by atoms with E-state index in [1.54, 1.807) is 11.3 Å². The molecule has 5 heteroatoms. The first kappa shape index (κ1) is 17.5. The van der Waals surface area contributed by atoms with E-state index in [4.69, 9.17) is 4.98 Å². The number of thiazole rings is 1. The Kier molecular flexibility index (Phi) is 5.03. The van der Waals surface area contributed by atoms with Crippen LogP contribution >= 0.6 is 11.3 Å². The molecule has 0 spiro atoms. The van der Waals surface area contributed by atoms with Gasteiger partial charge in [-0.2, -0.15) is 0 Å². The fourth-order valence-electron chi connectivity index (χ4n) is 3.05. The predicted octanol–water partition coefficient (Wildman–Crippen LogP) is 5.20. The molecule has 2 aromatic heterocycles. The van der Waals surface area contributed by atoms with Crippen LogP contribution in [0.4, 0.5) is 5.69 Å². The quantitative estimate of drug-likeness (QED) is 0.504. The topological polar surface area (TPSA) is 46.4 Å². The normalized spacial score (nSPS) is 11.0. The van der Waals surface area contributed by atoms with Gasteiger partial charge in [0.15, 0.2) is 4.96 Å². The molecular formula is C22H21N3OS. The van der Waals surface area contributed by atoms with Crippen molar-refractivity contribution in [1.82, 2.24) is 9.38 Å². The molecule has 2 heterocycles. The average Bonchev–Trinajstić information content (AvgIpc) is 3.29. The molecule has 27 heavy (non-hydrogen) atoms. The molecule has 2 aromatic carbocycles. The molecule has 0 aliphatic carbocycles. The minimum atomic E-state index is 0.0296. The Hall–Kier alpha value is -2.92. The summed E-state index contributed by atoms with van der Waals surface area (Å²) in [5, 5.41) is 5.06.